The molecule has 18 heavy (non-hydrogen) atoms. The molecule has 0 saturated carbocycles. The summed E-state index contributed by atoms with van der Waals surface area (Å²) in [6.45, 7) is 4.31. The molecule has 0 aliphatic carbocycles. The third kappa shape index (κ3) is 13.3. The van der Waals surface area contributed by atoms with E-state index in [0.717, 1.165) is 12.8 Å². The lowest BCUT2D eigenvalue weighted by Crippen LogP contribution is -2.16. The van der Waals surface area contributed by atoms with Crippen LogP contribution in [0.4, 0.5) is 0 Å². The SMILES string of the molecule is CCC=CNC(=O)CCCCCCCCCCC. The average Bonchev–Trinajstić information content (AvgIpc) is 2.37. The minimum Gasteiger partial charge on any atom is -0.333 e. The number of carbonyl (C=O) groups excluding carboxylic acids is 1. The first-order chi connectivity index (χ1) is 8.81. The van der Waals surface area contributed by atoms with E-state index in [-0.39, 0.29) is 5.91 Å². The molecule has 0 spiro atoms. The molecule has 0 bridgehead atoms. The molecule has 0 atom stereocenters. The Kier molecular flexibility index (Phi) is 13.6. The van der Waals surface area contributed by atoms with Crippen LogP contribution in [0.15, 0.2) is 12.3 Å². The zero-order valence-corrected chi connectivity index (χ0v) is 12.3. The van der Waals surface area contributed by atoms with E-state index < -0.39 is 0 Å². The molecular formula is C16H31NO. The summed E-state index contributed by atoms with van der Waals surface area (Å²) in [5, 5.41) is 2.79. The Balaban J connectivity index is 3.15. The monoisotopic (exact) mass is 253 g/mol. The summed E-state index contributed by atoms with van der Waals surface area (Å²) < 4.78 is 0. The van der Waals surface area contributed by atoms with Crippen LogP contribution >= 0.6 is 0 Å². The number of carbonyl (C=O) groups is 1. The molecule has 0 radical (unpaired) electrons. The zero-order valence-electron chi connectivity index (χ0n) is 12.3. The Morgan fingerprint density at radius 3 is 2.00 bits per heavy atom. The Bertz CT molecular complexity index is 211. The number of rotatable bonds is 12. The molecule has 0 saturated heterocycles. The van der Waals surface area contributed by atoms with E-state index in [9.17, 15) is 4.79 Å². The predicted molar refractivity (Wildman–Crippen MR) is 79.4 cm³/mol. The molecule has 1 N–H and O–H groups in total. The second-order valence-corrected chi connectivity index (χ2v) is 4.96. The van der Waals surface area contributed by atoms with E-state index in [0.29, 0.717) is 6.42 Å². The fraction of sp³-hybridized carbons (Fsp3) is 0.812. The molecule has 106 valence electrons. The van der Waals surface area contributed by atoms with E-state index in [1.807, 2.05) is 6.08 Å². The Labute approximate surface area is 113 Å². The molecule has 0 rings (SSSR count). The van der Waals surface area contributed by atoms with Crippen molar-refractivity contribution in [2.24, 2.45) is 0 Å². The molecule has 0 fully saturated rings. The second-order valence-electron chi connectivity index (χ2n) is 4.96. The quantitative estimate of drug-likeness (QED) is 0.490. The van der Waals surface area contributed by atoms with E-state index in [4.69, 9.17) is 0 Å². The van der Waals surface area contributed by atoms with E-state index in [1.165, 1.54) is 51.4 Å². The maximum atomic E-state index is 11.4. The minimum atomic E-state index is 0.155. The van der Waals surface area contributed by atoms with Crippen LogP contribution in [-0.2, 0) is 4.79 Å². The first-order valence-electron chi connectivity index (χ1n) is 7.75. The second kappa shape index (κ2) is 14.3. The highest BCUT2D eigenvalue weighted by Crippen LogP contribution is 2.10. The molecule has 0 aromatic rings. The van der Waals surface area contributed by atoms with Gasteiger partial charge >= 0.3 is 0 Å². The fourth-order valence-electron chi connectivity index (χ4n) is 1.94. The molecule has 0 heterocycles. The summed E-state index contributed by atoms with van der Waals surface area (Å²) in [6.07, 6.45) is 17.1. The molecular weight excluding hydrogens is 222 g/mol. The summed E-state index contributed by atoms with van der Waals surface area (Å²) >= 11 is 0. The number of amides is 1. The summed E-state index contributed by atoms with van der Waals surface area (Å²) in [6, 6.07) is 0. The van der Waals surface area contributed by atoms with Gasteiger partial charge in [0.2, 0.25) is 5.91 Å². The van der Waals surface area contributed by atoms with E-state index in [1.54, 1.807) is 6.20 Å². The van der Waals surface area contributed by atoms with Crippen LogP contribution in [0.2, 0.25) is 0 Å². The van der Waals surface area contributed by atoms with Crippen molar-refractivity contribution in [2.75, 3.05) is 0 Å². The zero-order chi connectivity index (χ0) is 13.5. The van der Waals surface area contributed by atoms with Crippen LogP contribution in [-0.4, -0.2) is 5.91 Å². The van der Waals surface area contributed by atoms with Crippen LogP contribution < -0.4 is 5.32 Å². The van der Waals surface area contributed by atoms with Crippen molar-refractivity contribution in [3.63, 3.8) is 0 Å². The number of allylic oxidation sites excluding steroid dienone is 1. The van der Waals surface area contributed by atoms with Gasteiger partial charge in [-0.25, -0.2) is 0 Å². The number of nitrogens with one attached hydrogen (secondary N) is 1. The summed E-state index contributed by atoms with van der Waals surface area (Å²) in [7, 11) is 0. The van der Waals surface area contributed by atoms with Crippen molar-refractivity contribution in [1.29, 1.82) is 0 Å². The van der Waals surface area contributed by atoms with Gasteiger partial charge in [-0.3, -0.25) is 4.79 Å². The van der Waals surface area contributed by atoms with Crippen LogP contribution in [0.25, 0.3) is 0 Å². The van der Waals surface area contributed by atoms with Gasteiger partial charge in [0.1, 0.15) is 0 Å². The molecule has 0 unspecified atom stereocenters. The van der Waals surface area contributed by atoms with Gasteiger partial charge in [-0.05, 0) is 19.0 Å². The minimum absolute atomic E-state index is 0.155. The standard InChI is InChI=1S/C16H31NO/c1-3-5-7-8-9-10-11-12-13-14-16(18)17-15-6-4-2/h6,15H,3-5,7-14H2,1-2H3,(H,17,18). The van der Waals surface area contributed by atoms with Gasteiger partial charge in [-0.15, -0.1) is 0 Å². The van der Waals surface area contributed by atoms with Crippen molar-refractivity contribution < 1.29 is 4.79 Å². The summed E-state index contributed by atoms with van der Waals surface area (Å²) in [5.41, 5.74) is 0. The van der Waals surface area contributed by atoms with Crippen LogP contribution in [0.5, 0.6) is 0 Å². The highest BCUT2D eigenvalue weighted by atomic mass is 16.1. The van der Waals surface area contributed by atoms with Gasteiger partial charge in [0.25, 0.3) is 0 Å². The summed E-state index contributed by atoms with van der Waals surface area (Å²) in [4.78, 5) is 11.4. The normalized spacial score (nSPS) is 11.0. The molecule has 0 aromatic heterocycles. The van der Waals surface area contributed by atoms with Gasteiger partial charge in [-0.1, -0.05) is 71.3 Å². The fourth-order valence-corrected chi connectivity index (χ4v) is 1.94. The lowest BCUT2D eigenvalue weighted by Gasteiger charge is -2.02. The predicted octanol–water partition coefficient (Wildman–Crippen LogP) is 4.95. The van der Waals surface area contributed by atoms with Crippen LogP contribution in [0.1, 0.15) is 84.5 Å². The summed E-state index contributed by atoms with van der Waals surface area (Å²) in [5.74, 6) is 0.155. The number of hydrogen-bond donors (Lipinski definition) is 1. The van der Waals surface area contributed by atoms with E-state index in [2.05, 4.69) is 19.2 Å². The van der Waals surface area contributed by atoms with Crippen LogP contribution in [0, 0.1) is 0 Å². The Morgan fingerprint density at radius 2 is 1.44 bits per heavy atom. The van der Waals surface area contributed by atoms with Crippen molar-refractivity contribution >= 4 is 5.91 Å². The van der Waals surface area contributed by atoms with Gasteiger partial charge in [-0.2, -0.15) is 0 Å². The molecule has 0 aliphatic rings. The van der Waals surface area contributed by atoms with Crippen LogP contribution in [0.3, 0.4) is 0 Å². The third-order valence-electron chi connectivity index (χ3n) is 3.11. The van der Waals surface area contributed by atoms with Crippen molar-refractivity contribution in [1.82, 2.24) is 5.32 Å². The maximum Gasteiger partial charge on any atom is 0.223 e. The molecule has 2 nitrogen and oxygen atoms in total. The largest absolute Gasteiger partial charge is 0.333 e. The van der Waals surface area contributed by atoms with Gasteiger partial charge < -0.3 is 5.32 Å². The first-order valence-corrected chi connectivity index (χ1v) is 7.75. The topological polar surface area (TPSA) is 29.1 Å². The lowest BCUT2D eigenvalue weighted by molar-refractivity contribution is -0.120. The first kappa shape index (κ1) is 17.2. The maximum absolute atomic E-state index is 11.4. The van der Waals surface area contributed by atoms with Crippen molar-refractivity contribution in [2.45, 2.75) is 84.5 Å². The number of unbranched alkanes of at least 4 members (excludes halogenated alkanes) is 8. The highest BCUT2D eigenvalue weighted by Gasteiger charge is 1.98. The van der Waals surface area contributed by atoms with Gasteiger partial charge in [0.15, 0.2) is 0 Å². The average molecular weight is 253 g/mol. The molecule has 1 amide bonds. The Hall–Kier alpha value is -0.790. The lowest BCUT2D eigenvalue weighted by atomic mass is 10.1. The van der Waals surface area contributed by atoms with Gasteiger partial charge in [0.05, 0.1) is 0 Å². The van der Waals surface area contributed by atoms with E-state index >= 15 is 0 Å². The third-order valence-corrected chi connectivity index (χ3v) is 3.11. The molecule has 0 aromatic carbocycles. The highest BCUT2D eigenvalue weighted by molar-refractivity contribution is 5.76. The van der Waals surface area contributed by atoms with Gasteiger partial charge in [0, 0.05) is 6.42 Å². The smallest absolute Gasteiger partial charge is 0.223 e. The molecule has 0 aliphatic heterocycles. The molecule has 2 heteroatoms. The number of hydrogen-bond acceptors (Lipinski definition) is 1. The Morgan fingerprint density at radius 1 is 0.889 bits per heavy atom. The van der Waals surface area contributed by atoms with Crippen molar-refractivity contribution in [3.05, 3.63) is 12.3 Å². The van der Waals surface area contributed by atoms with Crippen molar-refractivity contribution in [3.8, 4) is 0 Å².